The Morgan fingerprint density at radius 1 is 1.10 bits per heavy atom. The quantitative estimate of drug-likeness (QED) is 0.364. The average Bonchev–Trinajstić information content (AvgIpc) is 2.54. The summed E-state index contributed by atoms with van der Waals surface area (Å²) >= 11 is 0. The van der Waals surface area contributed by atoms with Gasteiger partial charge in [-0.3, -0.25) is 4.79 Å². The molecule has 0 atom stereocenters. The van der Waals surface area contributed by atoms with Crippen LogP contribution < -0.4 is 4.74 Å². The zero-order chi connectivity index (χ0) is 15.2. The van der Waals surface area contributed by atoms with Gasteiger partial charge in [-0.2, -0.15) is 0 Å². The molecule has 0 amide bonds. The minimum Gasteiger partial charge on any atom is -0.422 e. The lowest BCUT2D eigenvalue weighted by Gasteiger charge is -2.09. The minimum absolute atomic E-state index is 0.0736. The highest BCUT2D eigenvalue weighted by Crippen LogP contribution is 2.24. The lowest BCUT2D eigenvalue weighted by Crippen LogP contribution is -2.09. The second-order valence-corrected chi connectivity index (χ2v) is 4.21. The maximum Gasteiger partial charge on any atom is 0.335 e. The van der Waals surface area contributed by atoms with Crippen molar-refractivity contribution >= 4 is 17.3 Å². The van der Waals surface area contributed by atoms with Crippen LogP contribution in [0.5, 0.6) is 5.75 Å². The molecule has 0 aliphatic rings. The zero-order valence-corrected chi connectivity index (χ0v) is 11.3. The van der Waals surface area contributed by atoms with Crippen LogP contribution in [0.4, 0.5) is 0 Å². The molecule has 0 spiro atoms. The Bertz CT molecular complexity index is 699. The molecule has 2 aromatic rings. The molecule has 1 radical (unpaired) electrons. The summed E-state index contributed by atoms with van der Waals surface area (Å²) in [5.74, 6) is -0.883. The molecule has 0 unspecified atom stereocenters. The van der Waals surface area contributed by atoms with Gasteiger partial charge in [0.1, 0.15) is 5.75 Å². The Morgan fingerprint density at radius 2 is 1.81 bits per heavy atom. The van der Waals surface area contributed by atoms with Crippen LogP contribution in [-0.2, 0) is 4.79 Å². The number of hydrogen-bond donors (Lipinski definition) is 0. The maximum atomic E-state index is 12.5. The van der Waals surface area contributed by atoms with Gasteiger partial charge < -0.3 is 4.74 Å². The number of Topliss-reactive ketones (excluding diaryl/α,β-unsaturated/α-hetero) is 1. The van der Waals surface area contributed by atoms with E-state index in [1.807, 2.05) is 18.2 Å². The fourth-order valence-corrected chi connectivity index (χ4v) is 1.76. The molecule has 0 heterocycles. The Balaban J connectivity index is 2.33. The van der Waals surface area contributed by atoms with Gasteiger partial charge in [0.15, 0.2) is 5.78 Å². The summed E-state index contributed by atoms with van der Waals surface area (Å²) < 4.78 is 5.03. The monoisotopic (exact) mass is 277 g/mol. The van der Waals surface area contributed by atoms with E-state index >= 15 is 0 Å². The smallest absolute Gasteiger partial charge is 0.335 e. The summed E-state index contributed by atoms with van der Waals surface area (Å²) in [5, 5.41) is 0. The average molecular weight is 277 g/mol. The van der Waals surface area contributed by atoms with Gasteiger partial charge in [0.05, 0.1) is 5.56 Å². The van der Waals surface area contributed by atoms with Crippen LogP contribution in [0.25, 0.3) is 5.57 Å². The topological polar surface area (TPSA) is 43.4 Å². The number of para-hydroxylation sites is 1. The number of esters is 1. The fourth-order valence-electron chi connectivity index (χ4n) is 1.76. The van der Waals surface area contributed by atoms with Crippen LogP contribution in [0, 0.1) is 6.07 Å². The predicted octanol–water partition coefficient (Wildman–Crippen LogP) is 3.47. The second-order valence-electron chi connectivity index (χ2n) is 4.21. The van der Waals surface area contributed by atoms with Crippen LogP contribution >= 0.6 is 0 Å². The van der Waals surface area contributed by atoms with Gasteiger partial charge in [0.2, 0.25) is 0 Å². The molecule has 2 rings (SSSR count). The van der Waals surface area contributed by atoms with Crippen molar-refractivity contribution in [1.29, 1.82) is 0 Å². The van der Waals surface area contributed by atoms with E-state index in [0.29, 0.717) is 11.1 Å². The number of carbonyl (C=O) groups is 2. The number of ether oxygens (including phenoxy) is 1. The van der Waals surface area contributed by atoms with E-state index < -0.39 is 5.97 Å². The molecule has 21 heavy (non-hydrogen) atoms. The molecule has 0 aromatic heterocycles. The van der Waals surface area contributed by atoms with Gasteiger partial charge in [-0.1, -0.05) is 55.6 Å². The summed E-state index contributed by atoms with van der Waals surface area (Å²) in [5.41, 5.74) is 1.28. The van der Waals surface area contributed by atoms with Crippen molar-refractivity contribution in [3.63, 3.8) is 0 Å². The lowest BCUT2D eigenvalue weighted by molar-refractivity contribution is -0.128. The molecule has 0 N–H and O–H groups in total. The van der Waals surface area contributed by atoms with Crippen molar-refractivity contribution in [2.75, 3.05) is 0 Å². The molecule has 103 valence electrons. The van der Waals surface area contributed by atoms with Crippen LogP contribution in [0.15, 0.2) is 67.8 Å². The third-order valence-electron chi connectivity index (χ3n) is 2.83. The van der Waals surface area contributed by atoms with E-state index in [9.17, 15) is 9.59 Å². The SMILES string of the molecule is C=CC(=O)Oc1[c]cccc1C(=O)C(=C)c1ccccc1. The molecule has 0 bridgehead atoms. The molecule has 0 saturated heterocycles. The molecule has 3 heteroatoms. The molecule has 0 aliphatic heterocycles. The van der Waals surface area contributed by atoms with Gasteiger partial charge in [-0.25, -0.2) is 4.79 Å². The number of rotatable bonds is 5. The van der Waals surface area contributed by atoms with Crippen molar-refractivity contribution in [3.05, 3.63) is 85.0 Å². The molecule has 0 saturated carbocycles. The van der Waals surface area contributed by atoms with Crippen molar-refractivity contribution in [2.24, 2.45) is 0 Å². The second kappa shape index (κ2) is 6.48. The Kier molecular flexibility index (Phi) is 4.46. The van der Waals surface area contributed by atoms with E-state index in [-0.39, 0.29) is 17.1 Å². The largest absolute Gasteiger partial charge is 0.422 e. The van der Waals surface area contributed by atoms with Crippen LogP contribution in [-0.4, -0.2) is 11.8 Å². The third kappa shape index (κ3) is 3.34. The van der Waals surface area contributed by atoms with Crippen molar-refractivity contribution in [2.45, 2.75) is 0 Å². The van der Waals surface area contributed by atoms with Crippen LogP contribution in [0.1, 0.15) is 15.9 Å². The van der Waals surface area contributed by atoms with Gasteiger partial charge in [0, 0.05) is 17.7 Å². The Labute approximate surface area is 123 Å². The first-order valence-corrected chi connectivity index (χ1v) is 6.27. The molecular weight excluding hydrogens is 264 g/mol. The molecule has 3 nitrogen and oxygen atoms in total. The standard InChI is InChI=1S/C18H13O3/c1-3-17(19)21-16-12-8-7-11-15(16)18(20)13(2)14-9-5-4-6-10-14/h3-11H,1-2H2. The van der Waals surface area contributed by atoms with E-state index in [1.165, 1.54) is 0 Å². The molecular formula is C18H13O3. The summed E-state index contributed by atoms with van der Waals surface area (Å²) in [6.45, 7) is 7.14. The lowest BCUT2D eigenvalue weighted by atomic mass is 9.98. The summed E-state index contributed by atoms with van der Waals surface area (Å²) in [4.78, 5) is 23.8. The minimum atomic E-state index is -0.642. The molecule has 0 fully saturated rings. The van der Waals surface area contributed by atoms with Gasteiger partial charge in [-0.05, 0) is 11.6 Å². The Morgan fingerprint density at radius 3 is 2.48 bits per heavy atom. The summed E-state index contributed by atoms with van der Waals surface area (Å²) in [6.07, 6.45) is 1.03. The number of benzene rings is 2. The molecule has 2 aromatic carbocycles. The number of ketones is 1. The van der Waals surface area contributed by atoms with Crippen molar-refractivity contribution in [3.8, 4) is 5.75 Å². The summed E-state index contributed by atoms with van der Waals surface area (Å²) in [7, 11) is 0. The number of allylic oxidation sites excluding steroid dienone is 1. The van der Waals surface area contributed by atoms with E-state index in [1.54, 1.807) is 30.3 Å². The van der Waals surface area contributed by atoms with E-state index in [4.69, 9.17) is 4.74 Å². The first kappa shape index (κ1) is 14.5. The first-order valence-electron chi connectivity index (χ1n) is 6.27. The van der Waals surface area contributed by atoms with Crippen LogP contribution in [0.2, 0.25) is 0 Å². The van der Waals surface area contributed by atoms with E-state index in [2.05, 4.69) is 19.2 Å². The maximum absolute atomic E-state index is 12.5. The zero-order valence-electron chi connectivity index (χ0n) is 11.3. The first-order chi connectivity index (χ1) is 10.1. The van der Waals surface area contributed by atoms with Gasteiger partial charge >= 0.3 is 5.97 Å². The summed E-state index contributed by atoms with van der Waals surface area (Å²) in [6, 6.07) is 16.6. The normalized spacial score (nSPS) is 9.71. The van der Waals surface area contributed by atoms with Crippen molar-refractivity contribution in [1.82, 2.24) is 0 Å². The highest BCUT2D eigenvalue weighted by Gasteiger charge is 2.17. The van der Waals surface area contributed by atoms with Crippen LogP contribution in [0.3, 0.4) is 0 Å². The highest BCUT2D eigenvalue weighted by molar-refractivity contribution is 6.29. The Hall–Kier alpha value is -2.94. The van der Waals surface area contributed by atoms with Gasteiger partial charge in [0.25, 0.3) is 0 Å². The predicted molar refractivity (Wildman–Crippen MR) is 80.9 cm³/mol. The fraction of sp³-hybridized carbons (Fsp3) is 0. The number of hydrogen-bond acceptors (Lipinski definition) is 3. The van der Waals surface area contributed by atoms with Crippen molar-refractivity contribution < 1.29 is 14.3 Å². The van der Waals surface area contributed by atoms with Gasteiger partial charge in [-0.15, -0.1) is 0 Å². The third-order valence-corrected chi connectivity index (χ3v) is 2.83. The molecule has 0 aliphatic carbocycles. The van der Waals surface area contributed by atoms with E-state index in [0.717, 1.165) is 6.08 Å². The highest BCUT2D eigenvalue weighted by atomic mass is 16.5. The number of carbonyl (C=O) groups excluding carboxylic acids is 2.